The molecule has 2 amide bonds. The molecule has 34 heavy (non-hydrogen) atoms. The molecule has 0 unspecified atom stereocenters. The SMILES string of the molecule is CCCN(CC(=O)N(Cc1ccccc1)Cc1sccc1C)C(=O)c1ccc2ccccc2c1. The Bertz CT molecular complexity index is 1270. The Kier molecular flexibility index (Phi) is 7.76. The van der Waals surface area contributed by atoms with Gasteiger partial charge in [-0.05, 0) is 58.8 Å². The van der Waals surface area contributed by atoms with Gasteiger partial charge in [0.15, 0.2) is 0 Å². The molecule has 0 N–H and O–H groups in total. The van der Waals surface area contributed by atoms with Gasteiger partial charge >= 0.3 is 0 Å². The topological polar surface area (TPSA) is 40.6 Å². The van der Waals surface area contributed by atoms with E-state index in [2.05, 4.69) is 18.4 Å². The zero-order valence-electron chi connectivity index (χ0n) is 19.7. The highest BCUT2D eigenvalue weighted by Gasteiger charge is 2.23. The summed E-state index contributed by atoms with van der Waals surface area (Å²) in [5.74, 6) is -0.146. The lowest BCUT2D eigenvalue weighted by atomic mass is 10.1. The summed E-state index contributed by atoms with van der Waals surface area (Å²) in [6, 6.07) is 25.8. The first-order chi connectivity index (χ1) is 16.5. The number of carbonyl (C=O) groups excluding carboxylic acids is 2. The molecule has 0 aliphatic rings. The number of amides is 2. The van der Waals surface area contributed by atoms with Crippen LogP contribution in [0, 0.1) is 6.92 Å². The number of benzene rings is 3. The van der Waals surface area contributed by atoms with Gasteiger partial charge in [-0.15, -0.1) is 11.3 Å². The van der Waals surface area contributed by atoms with E-state index in [0.29, 0.717) is 25.2 Å². The third-order valence-corrected chi connectivity index (χ3v) is 6.98. The van der Waals surface area contributed by atoms with E-state index in [0.717, 1.165) is 22.8 Å². The molecule has 0 saturated heterocycles. The molecule has 4 nitrogen and oxygen atoms in total. The molecule has 4 rings (SSSR count). The van der Waals surface area contributed by atoms with Crippen LogP contribution < -0.4 is 0 Å². The van der Waals surface area contributed by atoms with Crippen molar-refractivity contribution in [3.8, 4) is 0 Å². The van der Waals surface area contributed by atoms with E-state index >= 15 is 0 Å². The monoisotopic (exact) mass is 470 g/mol. The number of nitrogens with zero attached hydrogens (tertiary/aromatic N) is 2. The van der Waals surface area contributed by atoms with E-state index in [9.17, 15) is 9.59 Å². The molecule has 174 valence electrons. The Morgan fingerprint density at radius 3 is 2.26 bits per heavy atom. The molecule has 1 aromatic heterocycles. The van der Waals surface area contributed by atoms with E-state index in [1.807, 2.05) is 84.6 Å². The van der Waals surface area contributed by atoms with Crippen LogP contribution >= 0.6 is 11.3 Å². The van der Waals surface area contributed by atoms with Gasteiger partial charge in [-0.25, -0.2) is 0 Å². The number of hydrogen-bond acceptors (Lipinski definition) is 3. The lowest BCUT2D eigenvalue weighted by Gasteiger charge is -2.28. The normalized spacial score (nSPS) is 10.9. The molecule has 5 heteroatoms. The molecule has 0 aliphatic carbocycles. The average molecular weight is 471 g/mol. The summed E-state index contributed by atoms with van der Waals surface area (Å²) in [5, 5.41) is 4.18. The minimum atomic E-state index is -0.104. The highest BCUT2D eigenvalue weighted by atomic mass is 32.1. The molecule has 0 fully saturated rings. The summed E-state index contributed by atoms with van der Waals surface area (Å²) >= 11 is 1.66. The number of aryl methyl sites for hydroxylation is 1. The summed E-state index contributed by atoms with van der Waals surface area (Å²) in [5.41, 5.74) is 2.88. The van der Waals surface area contributed by atoms with E-state index in [1.54, 1.807) is 16.2 Å². The van der Waals surface area contributed by atoms with Gasteiger partial charge in [0.25, 0.3) is 5.91 Å². The summed E-state index contributed by atoms with van der Waals surface area (Å²) < 4.78 is 0. The number of hydrogen-bond donors (Lipinski definition) is 0. The van der Waals surface area contributed by atoms with Crippen molar-refractivity contribution >= 4 is 33.9 Å². The van der Waals surface area contributed by atoms with Gasteiger partial charge in [0.05, 0.1) is 6.54 Å². The van der Waals surface area contributed by atoms with E-state index < -0.39 is 0 Å². The highest BCUT2D eigenvalue weighted by molar-refractivity contribution is 7.10. The van der Waals surface area contributed by atoms with Crippen LogP contribution in [0.2, 0.25) is 0 Å². The Labute approximate surface area is 205 Å². The van der Waals surface area contributed by atoms with Crippen LogP contribution in [0.3, 0.4) is 0 Å². The minimum absolute atomic E-state index is 0.0424. The largest absolute Gasteiger partial charge is 0.332 e. The first-order valence-corrected chi connectivity index (χ1v) is 12.6. The van der Waals surface area contributed by atoms with Crippen LogP contribution in [0.1, 0.15) is 39.7 Å². The molecular formula is C29H30N2O2S. The minimum Gasteiger partial charge on any atom is -0.332 e. The maximum absolute atomic E-state index is 13.6. The summed E-state index contributed by atoms with van der Waals surface area (Å²) in [6.45, 7) is 5.76. The van der Waals surface area contributed by atoms with Crippen molar-refractivity contribution in [3.05, 3.63) is 106 Å². The van der Waals surface area contributed by atoms with Crippen LogP contribution in [-0.2, 0) is 17.9 Å². The van der Waals surface area contributed by atoms with Crippen molar-refractivity contribution in [1.82, 2.24) is 9.80 Å². The van der Waals surface area contributed by atoms with E-state index in [4.69, 9.17) is 0 Å². The zero-order valence-corrected chi connectivity index (χ0v) is 20.6. The summed E-state index contributed by atoms with van der Waals surface area (Å²) in [4.78, 5) is 31.7. The second-order valence-corrected chi connectivity index (χ2v) is 9.55. The van der Waals surface area contributed by atoms with Crippen molar-refractivity contribution in [3.63, 3.8) is 0 Å². The number of fused-ring (bicyclic) bond motifs is 1. The molecule has 0 atom stereocenters. The predicted octanol–water partition coefficient (Wildman–Crippen LogP) is 6.29. The maximum atomic E-state index is 13.6. The highest BCUT2D eigenvalue weighted by Crippen LogP contribution is 2.21. The van der Waals surface area contributed by atoms with Gasteiger partial charge in [0.2, 0.25) is 5.91 Å². The van der Waals surface area contributed by atoms with Gasteiger partial charge in [-0.2, -0.15) is 0 Å². The first-order valence-electron chi connectivity index (χ1n) is 11.7. The standard InChI is InChI=1S/C29H30N2O2S/c1-3-16-30(29(33)26-14-13-24-11-7-8-12-25(24)18-26)21-28(32)31(19-23-9-5-4-6-10-23)20-27-22(2)15-17-34-27/h4-15,17-18H,3,16,19-21H2,1-2H3. The Hall–Kier alpha value is -3.44. The van der Waals surface area contributed by atoms with Crippen molar-refractivity contribution in [1.29, 1.82) is 0 Å². The number of thiophene rings is 1. The molecule has 0 spiro atoms. The zero-order chi connectivity index (χ0) is 23.9. The van der Waals surface area contributed by atoms with Crippen molar-refractivity contribution in [2.45, 2.75) is 33.4 Å². The average Bonchev–Trinajstić information content (AvgIpc) is 3.27. The van der Waals surface area contributed by atoms with Crippen LogP contribution in [0.15, 0.2) is 84.2 Å². The van der Waals surface area contributed by atoms with Gasteiger partial charge in [0, 0.05) is 23.5 Å². The predicted molar refractivity (Wildman–Crippen MR) is 140 cm³/mol. The van der Waals surface area contributed by atoms with Gasteiger partial charge in [-0.3, -0.25) is 9.59 Å². The molecule has 0 bridgehead atoms. The van der Waals surface area contributed by atoms with Gasteiger partial charge < -0.3 is 9.80 Å². The molecular weight excluding hydrogens is 440 g/mol. The van der Waals surface area contributed by atoms with Crippen LogP contribution in [-0.4, -0.2) is 34.7 Å². The van der Waals surface area contributed by atoms with Gasteiger partial charge in [-0.1, -0.05) is 67.6 Å². The van der Waals surface area contributed by atoms with Crippen LogP contribution in [0.25, 0.3) is 10.8 Å². The second-order valence-electron chi connectivity index (χ2n) is 8.55. The van der Waals surface area contributed by atoms with Crippen molar-refractivity contribution in [2.75, 3.05) is 13.1 Å². The second kappa shape index (κ2) is 11.1. The molecule has 0 radical (unpaired) electrons. The Balaban J connectivity index is 1.55. The van der Waals surface area contributed by atoms with Crippen molar-refractivity contribution < 1.29 is 9.59 Å². The number of rotatable bonds is 9. The van der Waals surface area contributed by atoms with E-state index in [1.165, 1.54) is 10.4 Å². The Morgan fingerprint density at radius 2 is 1.56 bits per heavy atom. The lowest BCUT2D eigenvalue weighted by Crippen LogP contribution is -2.42. The summed E-state index contributed by atoms with van der Waals surface area (Å²) in [6.07, 6.45) is 0.787. The smallest absolute Gasteiger partial charge is 0.254 e. The van der Waals surface area contributed by atoms with Crippen LogP contribution in [0.5, 0.6) is 0 Å². The van der Waals surface area contributed by atoms with E-state index in [-0.39, 0.29) is 18.4 Å². The lowest BCUT2D eigenvalue weighted by molar-refractivity contribution is -0.133. The molecule has 4 aromatic rings. The quantitative estimate of drug-likeness (QED) is 0.288. The van der Waals surface area contributed by atoms with Crippen LogP contribution in [0.4, 0.5) is 0 Å². The fraction of sp³-hybridized carbons (Fsp3) is 0.241. The fourth-order valence-corrected chi connectivity index (χ4v) is 4.99. The fourth-order valence-electron chi connectivity index (χ4n) is 4.07. The Morgan fingerprint density at radius 1 is 0.824 bits per heavy atom. The molecule has 0 saturated carbocycles. The van der Waals surface area contributed by atoms with Gasteiger partial charge in [0.1, 0.15) is 6.54 Å². The number of carbonyl (C=O) groups is 2. The molecule has 3 aromatic carbocycles. The first kappa shape index (κ1) is 23.7. The third-order valence-electron chi connectivity index (χ3n) is 5.97. The molecule has 0 aliphatic heterocycles. The third kappa shape index (κ3) is 5.72. The van der Waals surface area contributed by atoms with Crippen molar-refractivity contribution in [2.24, 2.45) is 0 Å². The summed E-state index contributed by atoms with van der Waals surface area (Å²) in [7, 11) is 0. The molecule has 1 heterocycles. The maximum Gasteiger partial charge on any atom is 0.254 e.